The number of carbonyl (C=O) groups is 2. The second kappa shape index (κ2) is 14.0. The highest BCUT2D eigenvalue weighted by molar-refractivity contribution is 5.85. The minimum Gasteiger partial charge on any atom is -0.467 e. The summed E-state index contributed by atoms with van der Waals surface area (Å²) >= 11 is 0. The molecule has 0 aromatic carbocycles. The van der Waals surface area contributed by atoms with E-state index in [0.717, 1.165) is 26.4 Å². The predicted octanol–water partition coefficient (Wildman–Crippen LogP) is 2.77. The minimum atomic E-state index is -1.72. The van der Waals surface area contributed by atoms with Crippen LogP contribution in [0, 0.1) is 0 Å². The van der Waals surface area contributed by atoms with E-state index in [1.165, 1.54) is 32.8 Å². The van der Waals surface area contributed by atoms with Gasteiger partial charge in [0.1, 0.15) is 0 Å². The zero-order chi connectivity index (χ0) is 18.4. The van der Waals surface area contributed by atoms with Crippen LogP contribution in [0.5, 0.6) is 0 Å². The summed E-state index contributed by atoms with van der Waals surface area (Å²) in [4.78, 5) is 23.2. The molecule has 0 spiro atoms. The molecule has 6 heteroatoms. The molecule has 0 aliphatic rings. The Labute approximate surface area is 145 Å². The fourth-order valence-electron chi connectivity index (χ4n) is 2.35. The van der Waals surface area contributed by atoms with E-state index in [-0.39, 0.29) is 0 Å². The summed E-state index contributed by atoms with van der Waals surface area (Å²) < 4.78 is 14.6. The van der Waals surface area contributed by atoms with Crippen molar-refractivity contribution in [2.75, 3.05) is 14.2 Å². The fourth-order valence-corrected chi connectivity index (χ4v) is 2.35. The summed E-state index contributed by atoms with van der Waals surface area (Å²) in [6, 6.07) is 0. The van der Waals surface area contributed by atoms with Gasteiger partial charge in [-0.2, -0.15) is 0 Å². The number of aliphatic hydroxyl groups is 1. The van der Waals surface area contributed by atoms with Crippen LogP contribution in [-0.2, 0) is 23.8 Å². The Bertz CT molecular complexity index is 369. The summed E-state index contributed by atoms with van der Waals surface area (Å²) in [6.07, 6.45) is 6.77. The smallest absolute Gasteiger partial charge is 0.338 e. The van der Waals surface area contributed by atoms with Gasteiger partial charge in [0.2, 0.25) is 0 Å². The Morgan fingerprint density at radius 3 is 2.04 bits per heavy atom. The van der Waals surface area contributed by atoms with Crippen LogP contribution in [0.4, 0.5) is 0 Å². The Hall–Kier alpha value is -1.40. The molecule has 0 radical (unpaired) electrons. The highest BCUT2D eigenvalue weighted by atomic mass is 16.6. The number of unbranched alkanes of at least 4 members (excludes halogenated alkanes) is 6. The first kappa shape index (κ1) is 22.6. The lowest BCUT2D eigenvalue weighted by atomic mass is 10.1. The number of aliphatic hydroxyl groups excluding tert-OH is 1. The molecular formula is C18H32O6. The van der Waals surface area contributed by atoms with Crippen molar-refractivity contribution in [2.24, 2.45) is 0 Å². The van der Waals surface area contributed by atoms with Crippen LogP contribution in [0.1, 0.15) is 58.3 Å². The minimum absolute atomic E-state index is 0.441. The molecule has 0 saturated heterocycles. The van der Waals surface area contributed by atoms with Gasteiger partial charge < -0.3 is 19.3 Å². The number of rotatable bonds is 14. The van der Waals surface area contributed by atoms with E-state index in [4.69, 9.17) is 4.74 Å². The van der Waals surface area contributed by atoms with Crippen molar-refractivity contribution < 1.29 is 28.9 Å². The Kier molecular flexibility index (Phi) is 13.2. The third kappa shape index (κ3) is 9.03. The first-order valence-corrected chi connectivity index (χ1v) is 8.63. The summed E-state index contributed by atoms with van der Waals surface area (Å²) in [7, 11) is 2.30. The molecule has 0 aromatic heterocycles. The van der Waals surface area contributed by atoms with Crippen molar-refractivity contribution in [3.8, 4) is 0 Å². The van der Waals surface area contributed by atoms with E-state index >= 15 is 0 Å². The summed E-state index contributed by atoms with van der Waals surface area (Å²) in [5.41, 5.74) is 0. The van der Waals surface area contributed by atoms with Crippen LogP contribution < -0.4 is 0 Å². The molecule has 0 amide bonds. The number of carbonyl (C=O) groups excluding carboxylic acids is 2. The molecule has 0 aromatic rings. The molecule has 0 aliphatic carbocycles. The Morgan fingerprint density at radius 1 is 1.00 bits per heavy atom. The maximum Gasteiger partial charge on any atom is 0.338 e. The molecule has 3 atom stereocenters. The molecule has 0 fully saturated rings. The highest BCUT2D eigenvalue weighted by Gasteiger charge is 2.36. The van der Waals surface area contributed by atoms with Gasteiger partial charge in [0.15, 0.2) is 12.2 Å². The molecule has 140 valence electrons. The molecule has 0 bridgehead atoms. The van der Waals surface area contributed by atoms with Crippen LogP contribution >= 0.6 is 0 Å². The van der Waals surface area contributed by atoms with Crippen molar-refractivity contribution in [1.82, 2.24) is 0 Å². The van der Waals surface area contributed by atoms with E-state index in [2.05, 4.69) is 23.0 Å². The summed E-state index contributed by atoms with van der Waals surface area (Å²) in [5, 5.41) is 9.88. The predicted molar refractivity (Wildman–Crippen MR) is 91.5 cm³/mol. The highest BCUT2D eigenvalue weighted by Crippen LogP contribution is 2.15. The van der Waals surface area contributed by atoms with Crippen molar-refractivity contribution in [1.29, 1.82) is 0 Å². The van der Waals surface area contributed by atoms with Crippen LogP contribution in [0.2, 0.25) is 0 Å². The molecule has 0 saturated carbocycles. The van der Waals surface area contributed by atoms with Gasteiger partial charge in [0.25, 0.3) is 0 Å². The van der Waals surface area contributed by atoms with E-state index in [9.17, 15) is 14.7 Å². The topological polar surface area (TPSA) is 82.1 Å². The maximum absolute atomic E-state index is 11.8. The second-order valence-corrected chi connectivity index (χ2v) is 5.73. The van der Waals surface area contributed by atoms with Gasteiger partial charge in [-0.25, -0.2) is 9.59 Å². The molecule has 24 heavy (non-hydrogen) atoms. The lowest BCUT2D eigenvalue weighted by Crippen LogP contribution is -2.44. The van der Waals surface area contributed by atoms with Gasteiger partial charge in [0, 0.05) is 0 Å². The molecule has 1 N–H and O–H groups in total. The second-order valence-electron chi connectivity index (χ2n) is 5.73. The maximum atomic E-state index is 11.8. The molecule has 0 unspecified atom stereocenters. The van der Waals surface area contributed by atoms with E-state index in [1.807, 2.05) is 0 Å². The number of methoxy groups -OCH3 is 2. The van der Waals surface area contributed by atoms with Gasteiger partial charge in [-0.15, -0.1) is 6.58 Å². The van der Waals surface area contributed by atoms with E-state index in [0.29, 0.717) is 6.42 Å². The fraction of sp³-hybridized carbons (Fsp3) is 0.778. The first-order chi connectivity index (χ1) is 11.5. The molecule has 6 nitrogen and oxygen atoms in total. The molecule has 0 aliphatic heterocycles. The average molecular weight is 344 g/mol. The molecule has 0 heterocycles. The largest absolute Gasteiger partial charge is 0.467 e. The molecule has 0 rings (SSSR count). The van der Waals surface area contributed by atoms with Gasteiger partial charge in [-0.3, -0.25) is 0 Å². The zero-order valence-electron chi connectivity index (χ0n) is 15.2. The van der Waals surface area contributed by atoms with Gasteiger partial charge in [-0.05, 0) is 6.42 Å². The zero-order valence-corrected chi connectivity index (χ0v) is 15.2. The van der Waals surface area contributed by atoms with Crippen molar-refractivity contribution in [2.45, 2.75) is 76.6 Å². The normalized spacial score (nSPS) is 14.5. The SMILES string of the molecule is C=C[C@@H](CCCCCCCCC)O[C@@H](C(=O)OC)[C@@H](O)C(=O)OC. The van der Waals surface area contributed by atoms with E-state index in [1.54, 1.807) is 6.08 Å². The Balaban J connectivity index is 4.38. The van der Waals surface area contributed by atoms with Crippen LogP contribution in [0.15, 0.2) is 12.7 Å². The summed E-state index contributed by atoms with van der Waals surface area (Å²) in [5.74, 6) is -1.76. The number of ether oxygens (including phenoxy) is 3. The first-order valence-electron chi connectivity index (χ1n) is 8.63. The van der Waals surface area contributed by atoms with Gasteiger partial charge in [-0.1, -0.05) is 57.9 Å². The van der Waals surface area contributed by atoms with Crippen LogP contribution in [-0.4, -0.2) is 49.6 Å². The van der Waals surface area contributed by atoms with Crippen molar-refractivity contribution in [3.63, 3.8) is 0 Å². The lowest BCUT2D eigenvalue weighted by molar-refractivity contribution is -0.178. The standard InChI is InChI=1S/C18H32O6/c1-5-7-8-9-10-11-12-13-14(6-2)24-16(18(21)23-4)15(19)17(20)22-3/h6,14-16,19H,2,5,7-13H2,1,3-4H3/t14-,15+,16+/m0/s1. The van der Waals surface area contributed by atoms with Gasteiger partial charge in [0.05, 0.1) is 20.3 Å². The van der Waals surface area contributed by atoms with Crippen molar-refractivity contribution >= 4 is 11.9 Å². The van der Waals surface area contributed by atoms with Crippen LogP contribution in [0.3, 0.4) is 0 Å². The van der Waals surface area contributed by atoms with Crippen LogP contribution in [0.25, 0.3) is 0 Å². The average Bonchev–Trinajstić information content (AvgIpc) is 2.61. The third-order valence-corrected chi connectivity index (χ3v) is 3.84. The summed E-state index contributed by atoms with van der Waals surface area (Å²) in [6.45, 7) is 5.88. The van der Waals surface area contributed by atoms with Crippen molar-refractivity contribution in [3.05, 3.63) is 12.7 Å². The number of esters is 2. The number of hydrogen-bond acceptors (Lipinski definition) is 6. The Morgan fingerprint density at radius 2 is 1.54 bits per heavy atom. The number of hydrogen-bond donors (Lipinski definition) is 1. The van der Waals surface area contributed by atoms with E-state index < -0.39 is 30.3 Å². The molecular weight excluding hydrogens is 312 g/mol. The van der Waals surface area contributed by atoms with Gasteiger partial charge >= 0.3 is 11.9 Å². The third-order valence-electron chi connectivity index (χ3n) is 3.84. The monoisotopic (exact) mass is 344 g/mol. The lowest BCUT2D eigenvalue weighted by Gasteiger charge is -2.23. The quantitative estimate of drug-likeness (QED) is 0.296.